The van der Waals surface area contributed by atoms with E-state index in [0.717, 1.165) is 17.5 Å². The molecule has 3 nitrogen and oxygen atoms in total. The zero-order valence-electron chi connectivity index (χ0n) is 10.3. The first-order valence-corrected chi connectivity index (χ1v) is 5.47. The van der Waals surface area contributed by atoms with Crippen LogP contribution in [0, 0.1) is 25.2 Å². The van der Waals surface area contributed by atoms with Gasteiger partial charge in [0, 0.05) is 11.4 Å². The molecular formula is C13H10F3N3. The molecule has 1 aromatic carbocycles. The highest BCUT2D eigenvalue weighted by atomic mass is 19.4. The zero-order valence-corrected chi connectivity index (χ0v) is 10.3. The molecule has 6 heteroatoms. The fourth-order valence-electron chi connectivity index (χ4n) is 1.77. The van der Waals surface area contributed by atoms with Gasteiger partial charge in [0.1, 0.15) is 0 Å². The first-order valence-electron chi connectivity index (χ1n) is 5.47. The van der Waals surface area contributed by atoms with Gasteiger partial charge in [-0.3, -0.25) is 0 Å². The van der Waals surface area contributed by atoms with Gasteiger partial charge in [-0.2, -0.15) is 18.4 Å². The van der Waals surface area contributed by atoms with Crippen molar-refractivity contribution in [3.8, 4) is 11.8 Å². The molecule has 0 aliphatic carbocycles. The van der Waals surface area contributed by atoms with Crippen LogP contribution in [-0.4, -0.2) is 9.55 Å². The van der Waals surface area contributed by atoms with Crippen LogP contribution in [0.3, 0.4) is 0 Å². The average Bonchev–Trinajstić information content (AvgIpc) is 2.68. The average molecular weight is 265 g/mol. The molecule has 0 unspecified atom stereocenters. The quantitative estimate of drug-likeness (QED) is 0.793. The van der Waals surface area contributed by atoms with Gasteiger partial charge in [-0.15, -0.1) is 0 Å². The summed E-state index contributed by atoms with van der Waals surface area (Å²) in [5.41, 5.74) is 0.532. The summed E-state index contributed by atoms with van der Waals surface area (Å²) in [5, 5.41) is 8.73. The van der Waals surface area contributed by atoms with Crippen molar-refractivity contribution in [2.75, 3.05) is 0 Å². The maximum atomic E-state index is 12.9. The van der Waals surface area contributed by atoms with Gasteiger partial charge in [-0.05, 0) is 32.0 Å². The van der Waals surface area contributed by atoms with E-state index >= 15 is 0 Å². The number of halogens is 3. The molecule has 0 radical (unpaired) electrons. The maximum absolute atomic E-state index is 12.9. The first-order chi connectivity index (χ1) is 8.84. The number of benzene rings is 1. The Balaban J connectivity index is 2.63. The number of nitriles is 1. The summed E-state index contributed by atoms with van der Waals surface area (Å²) in [7, 11) is 0. The van der Waals surface area contributed by atoms with Crippen LogP contribution < -0.4 is 0 Å². The molecule has 0 fully saturated rings. The second-order valence-corrected chi connectivity index (χ2v) is 4.12. The van der Waals surface area contributed by atoms with Crippen molar-refractivity contribution in [1.82, 2.24) is 9.55 Å². The highest BCUT2D eigenvalue weighted by Gasteiger charge is 2.34. The van der Waals surface area contributed by atoms with Gasteiger partial charge in [-0.1, -0.05) is 0 Å². The zero-order chi connectivity index (χ0) is 14.2. The second kappa shape index (κ2) is 4.43. The van der Waals surface area contributed by atoms with E-state index in [0.29, 0.717) is 5.69 Å². The van der Waals surface area contributed by atoms with E-state index in [-0.39, 0.29) is 5.56 Å². The highest BCUT2D eigenvalue weighted by molar-refractivity contribution is 5.48. The summed E-state index contributed by atoms with van der Waals surface area (Å²) in [6.45, 7) is 3.55. The minimum Gasteiger partial charge on any atom is -0.303 e. The van der Waals surface area contributed by atoms with Crippen LogP contribution in [-0.2, 0) is 6.18 Å². The predicted molar refractivity (Wildman–Crippen MR) is 62.8 cm³/mol. The number of aromatic nitrogens is 2. The van der Waals surface area contributed by atoms with Crippen molar-refractivity contribution in [3.05, 3.63) is 47.0 Å². The molecule has 0 bridgehead atoms. The van der Waals surface area contributed by atoms with E-state index in [9.17, 15) is 13.2 Å². The molecule has 2 rings (SSSR count). The minimum absolute atomic E-state index is 0.337. The van der Waals surface area contributed by atoms with E-state index in [1.807, 2.05) is 0 Å². The van der Waals surface area contributed by atoms with Gasteiger partial charge in [0.2, 0.25) is 0 Å². The van der Waals surface area contributed by atoms with Crippen LogP contribution in [0.2, 0.25) is 0 Å². The molecule has 98 valence electrons. The van der Waals surface area contributed by atoms with E-state index < -0.39 is 11.7 Å². The molecule has 1 heterocycles. The molecule has 0 saturated heterocycles. The van der Waals surface area contributed by atoms with Crippen molar-refractivity contribution >= 4 is 0 Å². The Morgan fingerprint density at radius 3 is 2.42 bits per heavy atom. The standard InChI is InChI=1S/C13H10F3N3/c1-8-9(2)19(7-18-8)11-4-3-10(6-17)12(5-11)13(14,15)16/h3-5,7H,1-2H3. The molecule has 2 aromatic rings. The Labute approximate surface area is 107 Å². The van der Waals surface area contributed by atoms with E-state index in [2.05, 4.69) is 4.98 Å². The summed E-state index contributed by atoms with van der Waals surface area (Å²) in [5.74, 6) is 0. The first kappa shape index (κ1) is 13.1. The van der Waals surface area contributed by atoms with Gasteiger partial charge in [0.15, 0.2) is 0 Å². The second-order valence-electron chi connectivity index (χ2n) is 4.12. The molecule has 0 N–H and O–H groups in total. The van der Waals surface area contributed by atoms with Gasteiger partial charge in [-0.25, -0.2) is 4.98 Å². The lowest BCUT2D eigenvalue weighted by Gasteiger charge is -2.12. The van der Waals surface area contributed by atoms with Gasteiger partial charge in [0.05, 0.1) is 29.2 Å². The van der Waals surface area contributed by atoms with Crippen LogP contribution >= 0.6 is 0 Å². The summed E-state index contributed by atoms with van der Waals surface area (Å²) in [6.07, 6.45) is -3.09. The number of nitrogens with zero attached hydrogens (tertiary/aromatic N) is 3. The Kier molecular flexibility index (Phi) is 3.06. The Morgan fingerprint density at radius 2 is 1.95 bits per heavy atom. The third kappa shape index (κ3) is 2.32. The number of aryl methyl sites for hydroxylation is 1. The lowest BCUT2D eigenvalue weighted by atomic mass is 10.1. The van der Waals surface area contributed by atoms with Crippen LogP contribution in [0.1, 0.15) is 22.5 Å². The molecular weight excluding hydrogens is 255 g/mol. The Hall–Kier alpha value is -2.29. The smallest absolute Gasteiger partial charge is 0.303 e. The molecule has 0 aliphatic rings. The number of hydrogen-bond donors (Lipinski definition) is 0. The molecule has 19 heavy (non-hydrogen) atoms. The minimum atomic E-state index is -4.55. The van der Waals surface area contributed by atoms with Crippen molar-refractivity contribution in [2.45, 2.75) is 20.0 Å². The Morgan fingerprint density at radius 1 is 1.26 bits per heavy atom. The summed E-state index contributed by atoms with van der Waals surface area (Å²) < 4.78 is 40.1. The maximum Gasteiger partial charge on any atom is 0.417 e. The monoisotopic (exact) mass is 265 g/mol. The molecule has 0 atom stereocenters. The third-order valence-corrected chi connectivity index (χ3v) is 2.96. The van der Waals surface area contributed by atoms with E-state index in [1.165, 1.54) is 18.5 Å². The number of alkyl halides is 3. The van der Waals surface area contributed by atoms with Crippen LogP contribution in [0.4, 0.5) is 13.2 Å². The van der Waals surface area contributed by atoms with Gasteiger partial charge in [0.25, 0.3) is 0 Å². The SMILES string of the molecule is Cc1ncn(-c2ccc(C#N)c(C(F)(F)F)c2)c1C. The summed E-state index contributed by atoms with van der Waals surface area (Å²) in [6, 6.07) is 5.17. The van der Waals surface area contributed by atoms with Crippen molar-refractivity contribution in [3.63, 3.8) is 0 Å². The summed E-state index contributed by atoms with van der Waals surface area (Å²) in [4.78, 5) is 4.04. The fraction of sp³-hybridized carbons (Fsp3) is 0.231. The summed E-state index contributed by atoms with van der Waals surface area (Å²) >= 11 is 0. The van der Waals surface area contributed by atoms with Crippen molar-refractivity contribution in [1.29, 1.82) is 5.26 Å². The molecule has 0 spiro atoms. The number of imidazole rings is 1. The fourth-order valence-corrected chi connectivity index (χ4v) is 1.77. The van der Waals surface area contributed by atoms with Crippen LogP contribution in [0.25, 0.3) is 5.69 Å². The van der Waals surface area contributed by atoms with Crippen molar-refractivity contribution in [2.24, 2.45) is 0 Å². The largest absolute Gasteiger partial charge is 0.417 e. The van der Waals surface area contributed by atoms with E-state index in [4.69, 9.17) is 5.26 Å². The topological polar surface area (TPSA) is 41.6 Å². The number of hydrogen-bond acceptors (Lipinski definition) is 2. The van der Waals surface area contributed by atoms with E-state index in [1.54, 1.807) is 24.5 Å². The van der Waals surface area contributed by atoms with Crippen molar-refractivity contribution < 1.29 is 13.2 Å². The predicted octanol–water partition coefficient (Wildman–Crippen LogP) is 3.38. The lowest BCUT2D eigenvalue weighted by molar-refractivity contribution is -0.137. The highest BCUT2D eigenvalue weighted by Crippen LogP contribution is 2.33. The van der Waals surface area contributed by atoms with Crippen LogP contribution in [0.15, 0.2) is 24.5 Å². The van der Waals surface area contributed by atoms with Crippen LogP contribution in [0.5, 0.6) is 0 Å². The lowest BCUT2D eigenvalue weighted by Crippen LogP contribution is -2.09. The molecule has 0 amide bonds. The molecule has 1 aromatic heterocycles. The van der Waals surface area contributed by atoms with Gasteiger partial charge >= 0.3 is 6.18 Å². The normalized spacial score (nSPS) is 11.4. The molecule has 0 aliphatic heterocycles. The Bertz CT molecular complexity index is 663. The number of rotatable bonds is 1. The van der Waals surface area contributed by atoms with Gasteiger partial charge < -0.3 is 4.57 Å². The third-order valence-electron chi connectivity index (χ3n) is 2.96. The molecule has 0 saturated carbocycles.